The molecule has 3 atom stereocenters. The number of aliphatic hydroxyl groups excluding tert-OH is 1. The van der Waals surface area contributed by atoms with Crippen LogP contribution in [0.4, 0.5) is 0 Å². The molecule has 0 bridgehead atoms. The van der Waals surface area contributed by atoms with Crippen LogP contribution in [0.15, 0.2) is 36.4 Å². The first-order valence-electron chi connectivity index (χ1n) is 9.32. The molecular weight excluding hydrogens is 368 g/mol. The Labute approximate surface area is 163 Å². The van der Waals surface area contributed by atoms with Crippen molar-refractivity contribution in [3.05, 3.63) is 47.0 Å². The fourth-order valence-electron chi connectivity index (χ4n) is 3.18. The molecule has 27 heavy (non-hydrogen) atoms. The Morgan fingerprint density at radius 1 is 1.22 bits per heavy atom. The Kier molecular flexibility index (Phi) is 6.88. The number of amides is 2. The lowest BCUT2D eigenvalue weighted by Gasteiger charge is -2.33. The number of carbonyl (C=O) groups is 2. The summed E-state index contributed by atoms with van der Waals surface area (Å²) < 4.78 is 5.79. The highest BCUT2D eigenvalue weighted by atomic mass is 35.5. The van der Waals surface area contributed by atoms with Crippen molar-refractivity contribution in [2.75, 3.05) is 6.61 Å². The van der Waals surface area contributed by atoms with Gasteiger partial charge in [0.05, 0.1) is 25.2 Å². The minimum atomic E-state index is -0.555. The Balaban J connectivity index is 1.49. The van der Waals surface area contributed by atoms with Crippen LogP contribution in [0.2, 0.25) is 5.02 Å². The number of hydrogen-bond donors (Lipinski definition) is 3. The predicted molar refractivity (Wildman–Crippen MR) is 102 cm³/mol. The van der Waals surface area contributed by atoms with Crippen molar-refractivity contribution in [1.29, 1.82) is 0 Å². The van der Waals surface area contributed by atoms with Crippen LogP contribution in [0, 0.1) is 5.92 Å². The van der Waals surface area contributed by atoms with Gasteiger partial charge in [0.1, 0.15) is 6.10 Å². The van der Waals surface area contributed by atoms with Crippen LogP contribution in [0.25, 0.3) is 0 Å². The van der Waals surface area contributed by atoms with Crippen molar-refractivity contribution in [1.82, 2.24) is 10.6 Å². The number of benzene rings is 1. The molecule has 1 saturated carbocycles. The SMILES string of the molecule is O=C(C[C@H]1C=C[C@@H](NC(=O)C2CCC2)[C@@H](CO)O1)NCc1ccccc1Cl. The fraction of sp³-hybridized carbons (Fsp3) is 0.500. The van der Waals surface area contributed by atoms with Gasteiger partial charge < -0.3 is 20.5 Å². The van der Waals surface area contributed by atoms with Crippen molar-refractivity contribution in [2.24, 2.45) is 5.92 Å². The second-order valence-electron chi connectivity index (χ2n) is 7.01. The van der Waals surface area contributed by atoms with Crippen LogP contribution in [0.3, 0.4) is 0 Å². The number of hydrogen-bond acceptors (Lipinski definition) is 4. The molecule has 3 rings (SSSR count). The van der Waals surface area contributed by atoms with Gasteiger partial charge in [-0.25, -0.2) is 0 Å². The van der Waals surface area contributed by atoms with Gasteiger partial charge in [-0.05, 0) is 24.5 Å². The zero-order valence-electron chi connectivity index (χ0n) is 15.1. The number of nitrogens with one attached hydrogen (secondary N) is 2. The monoisotopic (exact) mass is 392 g/mol. The summed E-state index contributed by atoms with van der Waals surface area (Å²) >= 11 is 6.08. The summed E-state index contributed by atoms with van der Waals surface area (Å²) in [5.41, 5.74) is 0.847. The molecule has 2 amide bonds. The number of carbonyl (C=O) groups excluding carboxylic acids is 2. The first kappa shape index (κ1) is 19.9. The first-order valence-corrected chi connectivity index (χ1v) is 9.69. The highest BCUT2D eigenvalue weighted by molar-refractivity contribution is 6.31. The zero-order valence-corrected chi connectivity index (χ0v) is 15.8. The molecule has 1 aliphatic carbocycles. The maximum Gasteiger partial charge on any atom is 0.223 e. The summed E-state index contributed by atoms with van der Waals surface area (Å²) in [7, 11) is 0. The van der Waals surface area contributed by atoms with E-state index in [2.05, 4.69) is 10.6 Å². The Hall–Kier alpha value is -1.89. The molecule has 0 aromatic heterocycles. The van der Waals surface area contributed by atoms with Crippen LogP contribution in [-0.4, -0.2) is 41.8 Å². The largest absolute Gasteiger partial charge is 0.394 e. The lowest BCUT2D eigenvalue weighted by atomic mass is 9.84. The summed E-state index contributed by atoms with van der Waals surface area (Å²) in [5, 5.41) is 15.9. The van der Waals surface area contributed by atoms with Gasteiger partial charge in [-0.2, -0.15) is 0 Å². The van der Waals surface area contributed by atoms with Crippen LogP contribution >= 0.6 is 11.6 Å². The average Bonchev–Trinajstić information content (AvgIpc) is 2.60. The third-order valence-corrected chi connectivity index (χ3v) is 5.44. The Bertz CT molecular complexity index is 705. The topological polar surface area (TPSA) is 87.7 Å². The van der Waals surface area contributed by atoms with Crippen molar-refractivity contribution in [3.63, 3.8) is 0 Å². The summed E-state index contributed by atoms with van der Waals surface area (Å²) in [6.45, 7) is 0.121. The van der Waals surface area contributed by atoms with Crippen molar-refractivity contribution in [3.8, 4) is 0 Å². The third kappa shape index (κ3) is 5.31. The van der Waals surface area contributed by atoms with E-state index < -0.39 is 12.2 Å². The van der Waals surface area contributed by atoms with E-state index in [-0.39, 0.29) is 36.8 Å². The van der Waals surface area contributed by atoms with E-state index in [1.165, 1.54) is 0 Å². The molecule has 1 aromatic carbocycles. The molecule has 1 fully saturated rings. The molecule has 1 aromatic rings. The molecule has 6 nitrogen and oxygen atoms in total. The van der Waals surface area contributed by atoms with Gasteiger partial charge in [0.15, 0.2) is 0 Å². The van der Waals surface area contributed by atoms with E-state index in [1.807, 2.05) is 24.3 Å². The van der Waals surface area contributed by atoms with Crippen LogP contribution in [-0.2, 0) is 20.9 Å². The van der Waals surface area contributed by atoms with Crippen LogP contribution in [0.5, 0.6) is 0 Å². The van der Waals surface area contributed by atoms with Gasteiger partial charge >= 0.3 is 0 Å². The smallest absolute Gasteiger partial charge is 0.223 e. The van der Waals surface area contributed by atoms with Gasteiger partial charge in [0.2, 0.25) is 11.8 Å². The fourth-order valence-corrected chi connectivity index (χ4v) is 3.38. The molecule has 7 heteroatoms. The molecule has 0 spiro atoms. The van der Waals surface area contributed by atoms with Gasteiger partial charge in [-0.1, -0.05) is 48.4 Å². The summed E-state index contributed by atoms with van der Waals surface area (Å²) in [5.74, 6) is -0.0850. The second kappa shape index (κ2) is 9.35. The molecule has 2 aliphatic rings. The average molecular weight is 393 g/mol. The Morgan fingerprint density at radius 2 is 2.00 bits per heavy atom. The van der Waals surface area contributed by atoms with E-state index in [0.717, 1.165) is 24.8 Å². The van der Waals surface area contributed by atoms with Crippen LogP contribution < -0.4 is 10.6 Å². The minimum absolute atomic E-state index is 0.00822. The first-order chi connectivity index (χ1) is 13.1. The summed E-state index contributed by atoms with van der Waals surface area (Å²) in [4.78, 5) is 24.3. The van der Waals surface area contributed by atoms with E-state index in [1.54, 1.807) is 12.1 Å². The molecule has 146 valence electrons. The van der Waals surface area contributed by atoms with E-state index in [4.69, 9.17) is 16.3 Å². The quantitative estimate of drug-likeness (QED) is 0.619. The maximum absolute atomic E-state index is 12.2. The standard InChI is InChI=1S/C20H25ClN2O4/c21-16-7-2-1-4-14(16)11-22-19(25)10-15-8-9-17(18(12-24)27-15)23-20(26)13-5-3-6-13/h1-2,4,7-9,13,15,17-18,24H,3,5-6,10-12H2,(H,22,25)(H,23,26)/t15-,17-,18-/m1/s1. The summed E-state index contributed by atoms with van der Waals surface area (Å²) in [6.07, 6.45) is 5.65. The zero-order chi connectivity index (χ0) is 19.2. The normalized spacial score (nSPS) is 24.9. The van der Waals surface area contributed by atoms with Gasteiger partial charge in [0, 0.05) is 17.5 Å². The summed E-state index contributed by atoms with van der Waals surface area (Å²) in [6, 6.07) is 6.97. The lowest BCUT2D eigenvalue weighted by molar-refractivity contribution is -0.132. The lowest BCUT2D eigenvalue weighted by Crippen LogP contribution is -2.51. The van der Waals surface area contributed by atoms with E-state index >= 15 is 0 Å². The third-order valence-electron chi connectivity index (χ3n) is 5.07. The van der Waals surface area contributed by atoms with Crippen LogP contribution in [0.1, 0.15) is 31.2 Å². The second-order valence-corrected chi connectivity index (χ2v) is 7.42. The molecular formula is C20H25ClN2O4. The van der Waals surface area contributed by atoms with Crippen molar-refractivity contribution in [2.45, 2.75) is 50.5 Å². The molecule has 0 radical (unpaired) electrons. The number of ether oxygens (including phenoxy) is 1. The Morgan fingerprint density at radius 3 is 2.67 bits per heavy atom. The molecule has 1 heterocycles. The van der Waals surface area contributed by atoms with Gasteiger partial charge in [-0.15, -0.1) is 0 Å². The highest BCUT2D eigenvalue weighted by Gasteiger charge is 2.32. The minimum Gasteiger partial charge on any atom is -0.394 e. The number of aliphatic hydroxyl groups is 1. The highest BCUT2D eigenvalue weighted by Crippen LogP contribution is 2.27. The molecule has 0 saturated heterocycles. The maximum atomic E-state index is 12.2. The van der Waals surface area contributed by atoms with E-state index in [9.17, 15) is 14.7 Å². The number of halogens is 1. The number of rotatable bonds is 7. The molecule has 3 N–H and O–H groups in total. The molecule has 1 aliphatic heterocycles. The van der Waals surface area contributed by atoms with Gasteiger partial charge in [-0.3, -0.25) is 9.59 Å². The van der Waals surface area contributed by atoms with Crippen molar-refractivity contribution >= 4 is 23.4 Å². The molecule has 0 unspecified atom stereocenters. The predicted octanol–water partition coefficient (Wildman–Crippen LogP) is 1.95. The van der Waals surface area contributed by atoms with Gasteiger partial charge in [0.25, 0.3) is 0 Å². The van der Waals surface area contributed by atoms with E-state index in [0.29, 0.717) is 11.6 Å². The van der Waals surface area contributed by atoms with Crippen molar-refractivity contribution < 1.29 is 19.4 Å².